The van der Waals surface area contributed by atoms with Gasteiger partial charge in [0, 0.05) is 23.9 Å². The van der Waals surface area contributed by atoms with E-state index in [1.54, 1.807) is 0 Å². The van der Waals surface area contributed by atoms with Gasteiger partial charge < -0.3 is 5.32 Å². The second kappa shape index (κ2) is 8.32. The Bertz CT molecular complexity index is 1380. The maximum atomic E-state index is 13.7. The Kier molecular flexibility index (Phi) is 5.37. The first-order chi connectivity index (χ1) is 15.8. The van der Waals surface area contributed by atoms with Gasteiger partial charge in [-0.3, -0.25) is 19.7 Å². The van der Waals surface area contributed by atoms with Crippen molar-refractivity contribution in [2.45, 2.75) is 0 Å². The summed E-state index contributed by atoms with van der Waals surface area (Å²) in [6.45, 7) is 0. The predicted molar refractivity (Wildman–Crippen MR) is 114 cm³/mol. The highest BCUT2D eigenvalue weighted by Crippen LogP contribution is 2.34. The summed E-state index contributed by atoms with van der Waals surface area (Å²) in [4.78, 5) is 37.7. The molecule has 0 atom stereocenters. The Labute approximate surface area is 185 Å². The molecule has 1 aliphatic heterocycles. The molecular formula is C23H12F2N4O4. The number of nitro groups is 1. The molecule has 1 aliphatic rings. The highest BCUT2D eigenvalue weighted by atomic mass is 19.2. The van der Waals surface area contributed by atoms with Crippen molar-refractivity contribution in [1.82, 2.24) is 0 Å². The van der Waals surface area contributed by atoms with Gasteiger partial charge in [0.05, 0.1) is 27.8 Å². The minimum atomic E-state index is -1.15. The fourth-order valence-electron chi connectivity index (χ4n) is 3.30. The van der Waals surface area contributed by atoms with E-state index in [2.05, 4.69) is 5.32 Å². The van der Waals surface area contributed by atoms with E-state index in [-0.39, 0.29) is 33.9 Å². The Morgan fingerprint density at radius 3 is 2.15 bits per heavy atom. The van der Waals surface area contributed by atoms with Gasteiger partial charge in [-0.15, -0.1) is 0 Å². The molecule has 0 saturated carbocycles. The van der Waals surface area contributed by atoms with Gasteiger partial charge in [0.2, 0.25) is 0 Å². The quantitative estimate of drug-likeness (QED) is 0.358. The van der Waals surface area contributed by atoms with Gasteiger partial charge >= 0.3 is 0 Å². The fourth-order valence-corrected chi connectivity index (χ4v) is 3.30. The van der Waals surface area contributed by atoms with Gasteiger partial charge in [0.25, 0.3) is 17.5 Å². The second-order valence-electron chi connectivity index (χ2n) is 6.91. The molecule has 0 spiro atoms. The van der Waals surface area contributed by atoms with Crippen molar-refractivity contribution < 1.29 is 23.3 Å². The number of nitro benzene ring substituents is 1. The van der Waals surface area contributed by atoms with E-state index in [1.165, 1.54) is 54.6 Å². The molecule has 0 fully saturated rings. The van der Waals surface area contributed by atoms with Crippen LogP contribution in [0.5, 0.6) is 0 Å². The Morgan fingerprint density at radius 2 is 1.58 bits per heavy atom. The summed E-state index contributed by atoms with van der Waals surface area (Å²) < 4.78 is 27.0. The van der Waals surface area contributed by atoms with Crippen LogP contribution in [0, 0.1) is 33.1 Å². The summed E-state index contributed by atoms with van der Waals surface area (Å²) in [5.74, 6) is -3.75. The standard InChI is InChI=1S/C23H12F2N4O4/c24-18-10-5-15(11-19(18)25)27-21-20(14-3-8-17(9-4-14)29(32)33)22(30)28(23(21)31)16-6-1-13(12-26)2-7-16/h1-11,27H. The lowest BCUT2D eigenvalue weighted by Crippen LogP contribution is -2.32. The van der Waals surface area contributed by atoms with Crippen molar-refractivity contribution in [3.05, 3.63) is 105 Å². The van der Waals surface area contributed by atoms with Gasteiger partial charge in [-0.2, -0.15) is 5.26 Å². The number of imide groups is 1. The van der Waals surface area contributed by atoms with Gasteiger partial charge in [-0.05, 0) is 54.1 Å². The van der Waals surface area contributed by atoms with Crippen molar-refractivity contribution in [3.8, 4) is 6.07 Å². The fraction of sp³-hybridized carbons (Fsp3) is 0. The molecule has 3 aromatic carbocycles. The van der Waals surface area contributed by atoms with Crippen LogP contribution in [0.25, 0.3) is 5.57 Å². The van der Waals surface area contributed by atoms with Crippen molar-refractivity contribution in [2.24, 2.45) is 0 Å². The molecule has 0 aromatic heterocycles. The predicted octanol–water partition coefficient (Wildman–Crippen LogP) is 4.14. The zero-order valence-corrected chi connectivity index (χ0v) is 16.6. The molecule has 1 N–H and O–H groups in total. The summed E-state index contributed by atoms with van der Waals surface area (Å²) in [5, 5.41) is 22.6. The van der Waals surface area contributed by atoms with Crippen LogP contribution in [0.4, 0.5) is 25.8 Å². The number of nitrogens with one attached hydrogen (secondary N) is 1. The van der Waals surface area contributed by atoms with Crippen molar-refractivity contribution >= 4 is 34.4 Å². The van der Waals surface area contributed by atoms with Crippen LogP contribution in [0.1, 0.15) is 11.1 Å². The van der Waals surface area contributed by atoms with E-state index in [9.17, 15) is 28.5 Å². The number of halogens is 2. The number of benzene rings is 3. The van der Waals surface area contributed by atoms with E-state index in [0.717, 1.165) is 17.0 Å². The number of anilines is 2. The molecule has 4 rings (SSSR count). The Morgan fingerprint density at radius 1 is 0.909 bits per heavy atom. The van der Waals surface area contributed by atoms with E-state index < -0.39 is 28.4 Å². The number of carbonyl (C=O) groups is 2. The molecule has 8 nitrogen and oxygen atoms in total. The number of hydrogen-bond donors (Lipinski definition) is 1. The highest BCUT2D eigenvalue weighted by molar-refractivity contribution is 6.46. The molecule has 2 amide bonds. The van der Waals surface area contributed by atoms with E-state index in [1.807, 2.05) is 6.07 Å². The number of non-ortho nitro benzene ring substituents is 1. The minimum absolute atomic E-state index is 0.0196. The zero-order chi connectivity index (χ0) is 23.7. The first-order valence-corrected chi connectivity index (χ1v) is 9.40. The van der Waals surface area contributed by atoms with Crippen molar-refractivity contribution in [2.75, 3.05) is 10.2 Å². The minimum Gasteiger partial charge on any atom is -0.350 e. The Hall–Kier alpha value is -4.91. The molecule has 1 heterocycles. The number of nitrogens with zero attached hydrogens (tertiary/aromatic N) is 3. The van der Waals surface area contributed by atoms with Crippen molar-refractivity contribution in [1.29, 1.82) is 5.26 Å². The lowest BCUT2D eigenvalue weighted by Gasteiger charge is -2.15. The molecule has 0 aliphatic carbocycles. The maximum absolute atomic E-state index is 13.7. The molecule has 0 bridgehead atoms. The zero-order valence-electron chi connectivity index (χ0n) is 16.6. The molecule has 3 aromatic rings. The maximum Gasteiger partial charge on any atom is 0.282 e. The molecule has 0 saturated heterocycles. The molecule has 33 heavy (non-hydrogen) atoms. The summed E-state index contributed by atoms with van der Waals surface area (Å²) in [6, 6.07) is 15.5. The molecule has 0 radical (unpaired) electrons. The highest BCUT2D eigenvalue weighted by Gasteiger charge is 2.40. The van der Waals surface area contributed by atoms with Crippen molar-refractivity contribution in [3.63, 3.8) is 0 Å². The van der Waals surface area contributed by atoms with Crippen LogP contribution in [0.3, 0.4) is 0 Å². The number of hydrogen-bond acceptors (Lipinski definition) is 6. The van der Waals surface area contributed by atoms with Crippen LogP contribution >= 0.6 is 0 Å². The second-order valence-corrected chi connectivity index (χ2v) is 6.91. The van der Waals surface area contributed by atoms with Crippen LogP contribution in [-0.4, -0.2) is 16.7 Å². The summed E-state index contributed by atoms with van der Waals surface area (Å²) in [5.41, 5.74) is 0.196. The lowest BCUT2D eigenvalue weighted by molar-refractivity contribution is -0.384. The average Bonchev–Trinajstić information content (AvgIpc) is 3.05. The van der Waals surface area contributed by atoms with Gasteiger partial charge in [-0.1, -0.05) is 0 Å². The SMILES string of the molecule is N#Cc1ccc(N2C(=O)C(Nc3ccc(F)c(F)c3)=C(c3ccc([N+](=O)[O-])cc3)C2=O)cc1. The first kappa shape index (κ1) is 21.3. The van der Waals surface area contributed by atoms with Crippen LogP contribution in [0.2, 0.25) is 0 Å². The normalized spacial score (nSPS) is 13.3. The number of carbonyl (C=O) groups excluding carboxylic acids is 2. The molecule has 10 heteroatoms. The number of nitriles is 1. The van der Waals surface area contributed by atoms with E-state index in [4.69, 9.17) is 5.26 Å². The Balaban J connectivity index is 1.81. The third-order valence-electron chi connectivity index (χ3n) is 4.89. The van der Waals surface area contributed by atoms with E-state index >= 15 is 0 Å². The number of rotatable bonds is 5. The topological polar surface area (TPSA) is 116 Å². The average molecular weight is 446 g/mol. The summed E-state index contributed by atoms with van der Waals surface area (Å²) in [7, 11) is 0. The lowest BCUT2D eigenvalue weighted by atomic mass is 10.0. The number of amides is 2. The van der Waals surface area contributed by atoms with Crippen LogP contribution < -0.4 is 10.2 Å². The van der Waals surface area contributed by atoms with Crippen LogP contribution in [-0.2, 0) is 9.59 Å². The van der Waals surface area contributed by atoms with Gasteiger partial charge in [0.15, 0.2) is 11.6 Å². The van der Waals surface area contributed by atoms with E-state index in [0.29, 0.717) is 5.56 Å². The monoisotopic (exact) mass is 446 g/mol. The van der Waals surface area contributed by atoms with Gasteiger partial charge in [-0.25, -0.2) is 13.7 Å². The third kappa shape index (κ3) is 3.90. The molecule has 162 valence electrons. The smallest absolute Gasteiger partial charge is 0.282 e. The molecular weight excluding hydrogens is 434 g/mol. The summed E-state index contributed by atoms with van der Waals surface area (Å²) in [6.07, 6.45) is 0. The molecule has 0 unspecified atom stereocenters. The van der Waals surface area contributed by atoms with Gasteiger partial charge in [0.1, 0.15) is 5.70 Å². The van der Waals surface area contributed by atoms with Crippen LogP contribution in [0.15, 0.2) is 72.4 Å². The third-order valence-corrected chi connectivity index (χ3v) is 4.89. The largest absolute Gasteiger partial charge is 0.350 e. The summed E-state index contributed by atoms with van der Waals surface area (Å²) >= 11 is 0. The first-order valence-electron chi connectivity index (χ1n) is 9.40.